The van der Waals surface area contributed by atoms with Crippen LogP contribution in [0.3, 0.4) is 0 Å². The Morgan fingerprint density at radius 3 is 2.79 bits per heavy atom. The molecular formula is C14H11ClN4. The van der Waals surface area contributed by atoms with Crippen LogP contribution in [-0.2, 0) is 0 Å². The molecule has 0 bridgehead atoms. The molecule has 4 nitrogen and oxygen atoms in total. The molecule has 3 rings (SSSR count). The second-order valence-corrected chi connectivity index (χ2v) is 4.64. The zero-order chi connectivity index (χ0) is 13.2. The Morgan fingerprint density at radius 1 is 1.11 bits per heavy atom. The van der Waals surface area contributed by atoms with Gasteiger partial charge in [0.1, 0.15) is 6.33 Å². The summed E-state index contributed by atoms with van der Waals surface area (Å²) >= 11 is 5.99. The van der Waals surface area contributed by atoms with Crippen molar-refractivity contribution in [2.75, 3.05) is 0 Å². The molecule has 0 spiro atoms. The van der Waals surface area contributed by atoms with Gasteiger partial charge in [-0.15, -0.1) is 0 Å². The molecular weight excluding hydrogens is 260 g/mol. The van der Waals surface area contributed by atoms with Crippen LogP contribution in [-0.4, -0.2) is 19.7 Å². The van der Waals surface area contributed by atoms with Crippen molar-refractivity contribution in [2.24, 2.45) is 0 Å². The summed E-state index contributed by atoms with van der Waals surface area (Å²) in [6.45, 7) is 1.92. The average Bonchev–Trinajstić information content (AvgIpc) is 2.88. The highest BCUT2D eigenvalue weighted by Crippen LogP contribution is 2.22. The molecule has 0 aliphatic heterocycles. The van der Waals surface area contributed by atoms with Gasteiger partial charge in [-0.2, -0.15) is 5.10 Å². The summed E-state index contributed by atoms with van der Waals surface area (Å²) in [6.07, 6.45) is 5.25. The molecule has 19 heavy (non-hydrogen) atoms. The maximum atomic E-state index is 5.99. The van der Waals surface area contributed by atoms with E-state index in [0.717, 1.165) is 22.6 Å². The fourth-order valence-corrected chi connectivity index (χ4v) is 2.02. The molecule has 0 saturated heterocycles. The van der Waals surface area contributed by atoms with E-state index in [9.17, 15) is 0 Å². The van der Waals surface area contributed by atoms with Gasteiger partial charge in [0.15, 0.2) is 5.82 Å². The van der Waals surface area contributed by atoms with E-state index in [1.807, 2.05) is 43.5 Å². The molecule has 0 aliphatic rings. The normalized spacial score (nSPS) is 10.6. The molecule has 3 aromatic rings. The van der Waals surface area contributed by atoms with E-state index < -0.39 is 0 Å². The van der Waals surface area contributed by atoms with E-state index in [2.05, 4.69) is 15.1 Å². The van der Waals surface area contributed by atoms with Crippen LogP contribution in [0.5, 0.6) is 0 Å². The number of halogens is 1. The molecule has 0 unspecified atom stereocenters. The molecule has 5 heteroatoms. The van der Waals surface area contributed by atoms with Crippen molar-refractivity contribution in [3.05, 3.63) is 59.8 Å². The van der Waals surface area contributed by atoms with Crippen molar-refractivity contribution in [1.29, 1.82) is 0 Å². The van der Waals surface area contributed by atoms with E-state index in [0.29, 0.717) is 5.02 Å². The van der Waals surface area contributed by atoms with Gasteiger partial charge >= 0.3 is 0 Å². The highest BCUT2D eigenvalue weighted by molar-refractivity contribution is 6.30. The van der Waals surface area contributed by atoms with Crippen molar-refractivity contribution < 1.29 is 0 Å². The van der Waals surface area contributed by atoms with Crippen LogP contribution in [0.15, 0.2) is 49.1 Å². The lowest BCUT2D eigenvalue weighted by molar-refractivity contribution is 0.835. The Bertz CT molecular complexity index is 661. The largest absolute Gasteiger partial charge is 0.242 e. The number of aryl methyl sites for hydroxylation is 1. The molecule has 1 aromatic carbocycles. The Labute approximate surface area is 115 Å². The Hall–Kier alpha value is -2.20. The molecule has 0 amide bonds. The van der Waals surface area contributed by atoms with Gasteiger partial charge in [-0.25, -0.2) is 14.6 Å². The number of nitrogens with zero attached hydrogens (tertiary/aromatic N) is 4. The molecule has 0 aliphatic carbocycles. The number of rotatable bonds is 2. The minimum absolute atomic E-state index is 0.711. The maximum absolute atomic E-state index is 5.99. The lowest BCUT2D eigenvalue weighted by atomic mass is 10.1. The van der Waals surface area contributed by atoms with Crippen LogP contribution in [0.2, 0.25) is 5.02 Å². The highest BCUT2D eigenvalue weighted by atomic mass is 35.5. The average molecular weight is 271 g/mol. The first-order chi connectivity index (χ1) is 9.22. The summed E-state index contributed by atoms with van der Waals surface area (Å²) in [5, 5.41) is 5.03. The minimum Gasteiger partial charge on any atom is -0.242 e. The van der Waals surface area contributed by atoms with E-state index in [1.165, 1.54) is 6.33 Å². The molecule has 2 aromatic heterocycles. The Kier molecular flexibility index (Phi) is 3.01. The van der Waals surface area contributed by atoms with Gasteiger partial charge in [0.2, 0.25) is 0 Å². The summed E-state index contributed by atoms with van der Waals surface area (Å²) in [4.78, 5) is 8.27. The lowest BCUT2D eigenvalue weighted by Gasteiger charge is -2.00. The predicted molar refractivity (Wildman–Crippen MR) is 74.3 cm³/mol. The van der Waals surface area contributed by atoms with Crippen LogP contribution in [0.1, 0.15) is 5.69 Å². The van der Waals surface area contributed by atoms with Gasteiger partial charge in [0.25, 0.3) is 0 Å². The van der Waals surface area contributed by atoms with E-state index >= 15 is 0 Å². The van der Waals surface area contributed by atoms with E-state index in [4.69, 9.17) is 11.6 Å². The van der Waals surface area contributed by atoms with Gasteiger partial charge in [0.05, 0.1) is 6.20 Å². The molecule has 0 atom stereocenters. The first-order valence-electron chi connectivity index (χ1n) is 5.82. The number of benzene rings is 1. The summed E-state index contributed by atoms with van der Waals surface area (Å²) in [5.41, 5.74) is 2.94. The zero-order valence-electron chi connectivity index (χ0n) is 10.3. The fraction of sp³-hybridized carbons (Fsp3) is 0.0714. The van der Waals surface area contributed by atoms with Crippen LogP contribution in [0.25, 0.3) is 16.9 Å². The number of hydrogen-bond acceptors (Lipinski definition) is 3. The van der Waals surface area contributed by atoms with Gasteiger partial charge in [-0.1, -0.05) is 23.7 Å². The van der Waals surface area contributed by atoms with E-state index in [-0.39, 0.29) is 0 Å². The summed E-state index contributed by atoms with van der Waals surface area (Å²) in [5.74, 6) is 0.751. The predicted octanol–water partition coefficient (Wildman–Crippen LogP) is 3.29. The standard InChI is InChI=1S/C14H11ClN4/c1-10-5-14(17-9-16-10)19-8-12(7-18-19)11-3-2-4-13(15)6-11/h2-9H,1H3. The number of aromatic nitrogens is 4. The molecule has 0 saturated carbocycles. The topological polar surface area (TPSA) is 43.6 Å². The van der Waals surface area contributed by atoms with Crippen molar-refractivity contribution >= 4 is 11.6 Å². The van der Waals surface area contributed by atoms with Crippen LogP contribution >= 0.6 is 11.6 Å². The summed E-state index contributed by atoms with van der Waals surface area (Å²) in [6, 6.07) is 9.56. The van der Waals surface area contributed by atoms with Crippen molar-refractivity contribution in [3.8, 4) is 16.9 Å². The van der Waals surface area contributed by atoms with Crippen LogP contribution in [0, 0.1) is 6.92 Å². The molecule has 94 valence electrons. The van der Waals surface area contributed by atoms with Gasteiger partial charge in [-0.05, 0) is 24.6 Å². The lowest BCUT2D eigenvalue weighted by Crippen LogP contribution is -1.98. The molecule has 0 radical (unpaired) electrons. The van der Waals surface area contributed by atoms with Crippen molar-refractivity contribution in [1.82, 2.24) is 19.7 Å². The zero-order valence-corrected chi connectivity index (χ0v) is 11.0. The smallest absolute Gasteiger partial charge is 0.156 e. The number of hydrogen-bond donors (Lipinski definition) is 0. The monoisotopic (exact) mass is 270 g/mol. The van der Waals surface area contributed by atoms with Crippen LogP contribution < -0.4 is 0 Å². The third-order valence-electron chi connectivity index (χ3n) is 2.76. The highest BCUT2D eigenvalue weighted by Gasteiger charge is 2.05. The maximum Gasteiger partial charge on any atom is 0.156 e. The van der Waals surface area contributed by atoms with Gasteiger partial charge in [-0.3, -0.25) is 0 Å². The molecule has 0 fully saturated rings. The Morgan fingerprint density at radius 2 is 2.00 bits per heavy atom. The van der Waals surface area contributed by atoms with E-state index in [1.54, 1.807) is 10.9 Å². The fourth-order valence-electron chi connectivity index (χ4n) is 1.83. The third kappa shape index (κ3) is 2.48. The first-order valence-corrected chi connectivity index (χ1v) is 6.20. The summed E-state index contributed by atoms with van der Waals surface area (Å²) in [7, 11) is 0. The first kappa shape index (κ1) is 11.9. The van der Waals surface area contributed by atoms with Crippen LogP contribution in [0.4, 0.5) is 0 Å². The second-order valence-electron chi connectivity index (χ2n) is 4.20. The second kappa shape index (κ2) is 4.82. The molecule has 2 heterocycles. The van der Waals surface area contributed by atoms with Crippen molar-refractivity contribution in [3.63, 3.8) is 0 Å². The van der Waals surface area contributed by atoms with Gasteiger partial charge < -0.3 is 0 Å². The quantitative estimate of drug-likeness (QED) is 0.718. The molecule has 0 N–H and O–H groups in total. The minimum atomic E-state index is 0.711. The van der Waals surface area contributed by atoms with Gasteiger partial charge in [0, 0.05) is 28.5 Å². The summed E-state index contributed by atoms with van der Waals surface area (Å²) < 4.78 is 1.73. The SMILES string of the molecule is Cc1cc(-n2cc(-c3cccc(Cl)c3)cn2)ncn1. The third-order valence-corrected chi connectivity index (χ3v) is 3.00. The van der Waals surface area contributed by atoms with Crippen molar-refractivity contribution in [2.45, 2.75) is 6.92 Å². The Balaban J connectivity index is 2.00.